The fourth-order valence-electron chi connectivity index (χ4n) is 1.53. The van der Waals surface area contributed by atoms with Crippen LogP contribution in [-0.2, 0) is 0 Å². The molecule has 3 N–H and O–H groups in total. The average Bonchev–Trinajstić information content (AvgIpc) is 2.30. The third-order valence-electron chi connectivity index (χ3n) is 2.57. The predicted octanol–water partition coefficient (Wildman–Crippen LogP) is 4.22. The summed E-state index contributed by atoms with van der Waals surface area (Å²) >= 11 is 3.37. The van der Waals surface area contributed by atoms with E-state index in [2.05, 4.69) is 21.2 Å². The molecule has 2 rings (SSSR count). The molecule has 0 amide bonds. The Kier molecular flexibility index (Phi) is 3.33. The molecule has 0 unspecified atom stereocenters. The topological polar surface area (TPSA) is 38.0 Å². The van der Waals surface area contributed by atoms with Crippen LogP contribution in [0.15, 0.2) is 40.9 Å². The molecule has 0 aliphatic rings. The maximum absolute atomic E-state index is 13.1. The van der Waals surface area contributed by atoms with Crippen molar-refractivity contribution in [3.63, 3.8) is 0 Å². The second-order valence-corrected chi connectivity index (χ2v) is 4.62. The molecule has 0 spiro atoms. The Balaban J connectivity index is 2.38. The van der Waals surface area contributed by atoms with Crippen LogP contribution >= 0.6 is 15.9 Å². The number of benzene rings is 2. The van der Waals surface area contributed by atoms with E-state index in [0.717, 1.165) is 15.7 Å². The van der Waals surface area contributed by atoms with E-state index in [4.69, 9.17) is 5.73 Å². The number of nitrogen functional groups attached to an aromatic ring is 1. The van der Waals surface area contributed by atoms with Crippen molar-refractivity contribution in [2.75, 3.05) is 11.1 Å². The molecule has 2 nitrogen and oxygen atoms in total. The minimum absolute atomic E-state index is 0.280. The molecule has 0 aliphatic heterocycles. The number of rotatable bonds is 2. The lowest BCUT2D eigenvalue weighted by molar-refractivity contribution is 0.628. The summed E-state index contributed by atoms with van der Waals surface area (Å²) in [5.41, 5.74) is 9.03. The third kappa shape index (κ3) is 2.58. The van der Waals surface area contributed by atoms with Gasteiger partial charge in [0.15, 0.2) is 0 Å². The fraction of sp³-hybridized carbons (Fsp3) is 0.0769. The van der Waals surface area contributed by atoms with Crippen molar-refractivity contribution in [1.82, 2.24) is 0 Å². The smallest absolute Gasteiger partial charge is 0.125 e. The Hall–Kier alpha value is -1.55. The van der Waals surface area contributed by atoms with Crippen LogP contribution in [0.5, 0.6) is 0 Å². The lowest BCUT2D eigenvalue weighted by Gasteiger charge is -2.12. The summed E-state index contributed by atoms with van der Waals surface area (Å²) in [5.74, 6) is -0.280. The quantitative estimate of drug-likeness (QED) is 0.814. The van der Waals surface area contributed by atoms with Gasteiger partial charge in [-0.2, -0.15) is 0 Å². The van der Waals surface area contributed by atoms with Gasteiger partial charge in [0.05, 0.1) is 5.69 Å². The van der Waals surface area contributed by atoms with Crippen LogP contribution in [0, 0.1) is 12.7 Å². The van der Waals surface area contributed by atoms with Gasteiger partial charge in [-0.15, -0.1) is 0 Å². The summed E-state index contributed by atoms with van der Waals surface area (Å²) < 4.78 is 14.0. The SMILES string of the molecule is Cc1c(N)cccc1Nc1cc(F)ccc1Br. The van der Waals surface area contributed by atoms with Crippen LogP contribution in [0.25, 0.3) is 0 Å². The van der Waals surface area contributed by atoms with Crippen molar-refractivity contribution in [3.05, 3.63) is 52.3 Å². The first kappa shape index (κ1) is 11.9. The molecule has 4 heteroatoms. The highest BCUT2D eigenvalue weighted by Gasteiger charge is 2.05. The van der Waals surface area contributed by atoms with Gasteiger partial charge in [-0.05, 0) is 58.7 Å². The Morgan fingerprint density at radius 2 is 1.94 bits per heavy atom. The first-order valence-corrected chi connectivity index (χ1v) is 5.94. The van der Waals surface area contributed by atoms with Crippen molar-refractivity contribution in [2.45, 2.75) is 6.92 Å². The van der Waals surface area contributed by atoms with Crippen LogP contribution in [0.4, 0.5) is 21.5 Å². The van der Waals surface area contributed by atoms with Crippen molar-refractivity contribution in [2.24, 2.45) is 0 Å². The van der Waals surface area contributed by atoms with E-state index < -0.39 is 0 Å². The number of hydrogen-bond acceptors (Lipinski definition) is 2. The van der Waals surface area contributed by atoms with E-state index in [0.29, 0.717) is 11.4 Å². The van der Waals surface area contributed by atoms with Gasteiger partial charge < -0.3 is 11.1 Å². The maximum atomic E-state index is 13.1. The average molecular weight is 295 g/mol. The Morgan fingerprint density at radius 3 is 2.71 bits per heavy atom. The molecule has 2 aromatic rings. The Bertz CT molecular complexity index is 555. The predicted molar refractivity (Wildman–Crippen MR) is 73.0 cm³/mol. The standard InChI is InChI=1S/C13H12BrFN2/c1-8-11(16)3-2-4-12(8)17-13-7-9(15)5-6-10(13)14/h2-7,17H,16H2,1H3. The zero-order valence-electron chi connectivity index (χ0n) is 9.30. The largest absolute Gasteiger partial charge is 0.398 e. The molecule has 0 bridgehead atoms. The molecule has 0 aliphatic carbocycles. The molecule has 88 valence electrons. The molecule has 0 saturated heterocycles. The van der Waals surface area contributed by atoms with E-state index >= 15 is 0 Å². The highest BCUT2D eigenvalue weighted by molar-refractivity contribution is 9.10. The minimum atomic E-state index is -0.280. The summed E-state index contributed by atoms with van der Waals surface area (Å²) in [4.78, 5) is 0. The molecule has 0 atom stereocenters. The third-order valence-corrected chi connectivity index (χ3v) is 3.26. The lowest BCUT2D eigenvalue weighted by atomic mass is 10.1. The molecular formula is C13H12BrFN2. The normalized spacial score (nSPS) is 10.3. The van der Waals surface area contributed by atoms with Crippen LogP contribution < -0.4 is 11.1 Å². The minimum Gasteiger partial charge on any atom is -0.398 e. The van der Waals surface area contributed by atoms with E-state index in [9.17, 15) is 4.39 Å². The van der Waals surface area contributed by atoms with Crippen LogP contribution in [0.2, 0.25) is 0 Å². The zero-order chi connectivity index (χ0) is 12.4. The highest BCUT2D eigenvalue weighted by Crippen LogP contribution is 2.29. The summed E-state index contributed by atoms with van der Waals surface area (Å²) in [7, 11) is 0. The summed E-state index contributed by atoms with van der Waals surface area (Å²) in [6.45, 7) is 1.92. The second-order valence-electron chi connectivity index (χ2n) is 3.77. The van der Waals surface area contributed by atoms with Crippen molar-refractivity contribution < 1.29 is 4.39 Å². The molecular weight excluding hydrogens is 283 g/mol. The van der Waals surface area contributed by atoms with Crippen LogP contribution in [0.3, 0.4) is 0 Å². The number of nitrogens with one attached hydrogen (secondary N) is 1. The van der Waals surface area contributed by atoms with Crippen LogP contribution in [0.1, 0.15) is 5.56 Å². The number of nitrogens with two attached hydrogens (primary N) is 1. The summed E-state index contributed by atoms with van der Waals surface area (Å²) in [6.07, 6.45) is 0. The van der Waals surface area contributed by atoms with Gasteiger partial charge in [0, 0.05) is 15.8 Å². The number of hydrogen-bond donors (Lipinski definition) is 2. The molecule has 0 radical (unpaired) electrons. The molecule has 2 aromatic carbocycles. The van der Waals surface area contributed by atoms with Gasteiger partial charge in [-0.1, -0.05) is 6.07 Å². The van der Waals surface area contributed by atoms with E-state index in [1.807, 2.05) is 25.1 Å². The van der Waals surface area contributed by atoms with Crippen molar-refractivity contribution in [1.29, 1.82) is 0 Å². The molecule has 17 heavy (non-hydrogen) atoms. The van der Waals surface area contributed by atoms with Crippen molar-refractivity contribution in [3.8, 4) is 0 Å². The molecule has 0 heterocycles. The first-order valence-electron chi connectivity index (χ1n) is 5.15. The van der Waals surface area contributed by atoms with Gasteiger partial charge in [-0.3, -0.25) is 0 Å². The van der Waals surface area contributed by atoms with E-state index in [1.54, 1.807) is 6.07 Å². The van der Waals surface area contributed by atoms with E-state index in [1.165, 1.54) is 12.1 Å². The lowest BCUT2D eigenvalue weighted by Crippen LogP contribution is -1.97. The Morgan fingerprint density at radius 1 is 1.18 bits per heavy atom. The van der Waals surface area contributed by atoms with Gasteiger partial charge in [0.25, 0.3) is 0 Å². The second kappa shape index (κ2) is 4.75. The van der Waals surface area contributed by atoms with Crippen molar-refractivity contribution >= 4 is 33.0 Å². The molecule has 0 fully saturated rings. The van der Waals surface area contributed by atoms with E-state index in [-0.39, 0.29) is 5.82 Å². The van der Waals surface area contributed by atoms with Gasteiger partial charge in [0.2, 0.25) is 0 Å². The monoisotopic (exact) mass is 294 g/mol. The molecule has 0 aromatic heterocycles. The molecule has 0 saturated carbocycles. The van der Waals surface area contributed by atoms with Gasteiger partial charge >= 0.3 is 0 Å². The number of anilines is 3. The van der Waals surface area contributed by atoms with Gasteiger partial charge in [0.1, 0.15) is 5.82 Å². The first-order chi connectivity index (χ1) is 8.08. The fourth-order valence-corrected chi connectivity index (χ4v) is 1.87. The van der Waals surface area contributed by atoms with Gasteiger partial charge in [-0.25, -0.2) is 4.39 Å². The zero-order valence-corrected chi connectivity index (χ0v) is 10.9. The van der Waals surface area contributed by atoms with Crippen LogP contribution in [-0.4, -0.2) is 0 Å². The summed E-state index contributed by atoms with van der Waals surface area (Å²) in [5, 5.41) is 3.16. The maximum Gasteiger partial charge on any atom is 0.125 e. The Labute approximate surface area is 108 Å². The summed E-state index contributed by atoms with van der Waals surface area (Å²) in [6, 6.07) is 10.1. The number of halogens is 2. The highest BCUT2D eigenvalue weighted by atomic mass is 79.9.